The number of rotatable bonds is 10. The van der Waals surface area contributed by atoms with Crippen LogP contribution in [0.1, 0.15) is 16.8 Å². The lowest BCUT2D eigenvalue weighted by Gasteiger charge is -2.06. The van der Waals surface area contributed by atoms with E-state index in [9.17, 15) is 18.4 Å². The number of pyridine rings is 1. The molecule has 2 N–H and O–H groups in total. The lowest BCUT2D eigenvalue weighted by molar-refractivity contribution is -0.136. The van der Waals surface area contributed by atoms with Gasteiger partial charge in [-0.3, -0.25) is 9.59 Å². The Hall–Kier alpha value is -1.55. The Kier molecular flexibility index (Phi) is 8.60. The highest BCUT2D eigenvalue weighted by molar-refractivity contribution is 8.76. The minimum Gasteiger partial charge on any atom is -0.481 e. The van der Waals surface area contributed by atoms with Crippen molar-refractivity contribution < 1.29 is 28.2 Å². The molecule has 1 heterocycles. The van der Waals surface area contributed by atoms with Gasteiger partial charge in [-0.15, -0.1) is 0 Å². The van der Waals surface area contributed by atoms with E-state index in [1.807, 2.05) is 0 Å². The summed E-state index contributed by atoms with van der Waals surface area (Å²) in [5, 5.41) is 11.1. The predicted octanol–water partition coefficient (Wildman–Crippen LogP) is 2.27. The molecule has 1 amide bonds. The molecule has 122 valence electrons. The summed E-state index contributed by atoms with van der Waals surface area (Å²) in [6.07, 6.45) is 1.25. The molecule has 0 unspecified atom stereocenters. The highest BCUT2D eigenvalue weighted by Gasteiger charge is 2.08. The van der Waals surface area contributed by atoms with Gasteiger partial charge in [-0.05, 0) is 6.07 Å². The number of nitrogens with zero attached hydrogens (tertiary/aromatic N) is 1. The third kappa shape index (κ3) is 8.03. The van der Waals surface area contributed by atoms with Crippen LogP contribution in [0.15, 0.2) is 18.3 Å². The monoisotopic (exact) mass is 352 g/mol. The van der Waals surface area contributed by atoms with E-state index in [2.05, 4.69) is 15.0 Å². The SMILES string of the molecule is O=C(O)CCSSCCNC(=O)c1ccc(OC(F)F)nc1. The number of aromatic nitrogens is 1. The first kappa shape index (κ1) is 18.5. The minimum atomic E-state index is -2.96. The normalized spacial score (nSPS) is 10.5. The van der Waals surface area contributed by atoms with Gasteiger partial charge in [0.25, 0.3) is 5.91 Å². The number of halogens is 2. The van der Waals surface area contributed by atoms with Crippen molar-refractivity contribution in [1.82, 2.24) is 10.3 Å². The van der Waals surface area contributed by atoms with Gasteiger partial charge in [0.05, 0.1) is 12.0 Å². The van der Waals surface area contributed by atoms with E-state index in [0.717, 1.165) is 6.20 Å². The number of ether oxygens (including phenoxy) is 1. The first-order valence-corrected chi connectivity index (χ1v) is 8.63. The summed E-state index contributed by atoms with van der Waals surface area (Å²) in [7, 11) is 2.88. The van der Waals surface area contributed by atoms with E-state index < -0.39 is 12.6 Å². The van der Waals surface area contributed by atoms with Gasteiger partial charge in [0.15, 0.2) is 0 Å². The maximum absolute atomic E-state index is 11.9. The molecule has 1 aromatic rings. The van der Waals surface area contributed by atoms with E-state index in [1.54, 1.807) is 0 Å². The largest absolute Gasteiger partial charge is 0.481 e. The van der Waals surface area contributed by atoms with E-state index in [0.29, 0.717) is 18.1 Å². The molecular formula is C12H14F2N2O4S2. The van der Waals surface area contributed by atoms with Crippen molar-refractivity contribution in [3.8, 4) is 5.88 Å². The minimum absolute atomic E-state index is 0.0999. The van der Waals surface area contributed by atoms with Crippen LogP contribution in [0, 0.1) is 0 Å². The van der Waals surface area contributed by atoms with Crippen molar-refractivity contribution in [2.75, 3.05) is 18.1 Å². The third-order valence-electron chi connectivity index (χ3n) is 2.16. The number of hydrogen-bond donors (Lipinski definition) is 2. The zero-order valence-corrected chi connectivity index (χ0v) is 13.0. The molecule has 0 radical (unpaired) electrons. The summed E-state index contributed by atoms with van der Waals surface area (Å²) in [5.74, 6) is -0.336. The van der Waals surface area contributed by atoms with Gasteiger partial charge >= 0.3 is 12.6 Å². The summed E-state index contributed by atoms with van der Waals surface area (Å²) >= 11 is 0. The predicted molar refractivity (Wildman–Crippen MR) is 80.4 cm³/mol. The number of carboxylic acid groups (broad SMARTS) is 1. The van der Waals surface area contributed by atoms with Crippen molar-refractivity contribution in [3.05, 3.63) is 23.9 Å². The molecule has 0 aliphatic carbocycles. The van der Waals surface area contributed by atoms with Gasteiger partial charge in [0.1, 0.15) is 0 Å². The number of hydrogen-bond acceptors (Lipinski definition) is 6. The second-order valence-electron chi connectivity index (χ2n) is 3.81. The maximum atomic E-state index is 11.9. The second kappa shape index (κ2) is 10.2. The smallest absolute Gasteiger partial charge is 0.388 e. The van der Waals surface area contributed by atoms with Crippen LogP contribution in [0.5, 0.6) is 5.88 Å². The number of alkyl halides is 2. The van der Waals surface area contributed by atoms with Crippen LogP contribution in [0.25, 0.3) is 0 Å². The van der Waals surface area contributed by atoms with Crippen LogP contribution in [0.4, 0.5) is 8.78 Å². The van der Waals surface area contributed by atoms with Crippen LogP contribution >= 0.6 is 21.6 Å². The highest BCUT2D eigenvalue weighted by atomic mass is 33.1. The van der Waals surface area contributed by atoms with Gasteiger partial charge in [-0.2, -0.15) is 8.78 Å². The summed E-state index contributed by atoms with van der Waals surface area (Å²) < 4.78 is 28.0. The fraction of sp³-hybridized carbons (Fsp3) is 0.417. The average Bonchev–Trinajstić information content (AvgIpc) is 2.46. The molecule has 1 rings (SSSR count). The Labute approximate surface area is 133 Å². The molecule has 0 saturated carbocycles. The fourth-order valence-electron chi connectivity index (χ4n) is 1.23. The van der Waals surface area contributed by atoms with Crippen molar-refractivity contribution >= 4 is 33.5 Å². The van der Waals surface area contributed by atoms with E-state index in [1.165, 1.54) is 33.7 Å². The third-order valence-corrected chi connectivity index (χ3v) is 4.57. The molecule has 10 heteroatoms. The van der Waals surface area contributed by atoms with Crippen molar-refractivity contribution in [2.45, 2.75) is 13.0 Å². The van der Waals surface area contributed by atoms with E-state index >= 15 is 0 Å². The molecule has 0 saturated heterocycles. The lowest BCUT2D eigenvalue weighted by Crippen LogP contribution is -2.25. The van der Waals surface area contributed by atoms with Crippen molar-refractivity contribution in [2.24, 2.45) is 0 Å². The van der Waals surface area contributed by atoms with Crippen LogP contribution in [-0.4, -0.2) is 46.6 Å². The number of carbonyl (C=O) groups excluding carboxylic acids is 1. The van der Waals surface area contributed by atoms with Crippen molar-refractivity contribution in [3.63, 3.8) is 0 Å². The summed E-state index contributed by atoms with van der Waals surface area (Å²) in [5.41, 5.74) is 0.241. The Balaban J connectivity index is 2.21. The molecule has 0 aliphatic heterocycles. The molecule has 0 fully saturated rings. The first-order chi connectivity index (χ1) is 10.5. The molecule has 1 aromatic heterocycles. The van der Waals surface area contributed by atoms with Gasteiger partial charge in [-0.1, -0.05) is 21.6 Å². The lowest BCUT2D eigenvalue weighted by atomic mass is 10.2. The summed E-state index contributed by atoms with van der Waals surface area (Å²) in [4.78, 5) is 25.6. The van der Waals surface area contributed by atoms with E-state index in [-0.39, 0.29) is 23.8 Å². The van der Waals surface area contributed by atoms with Crippen molar-refractivity contribution in [1.29, 1.82) is 0 Å². The molecule has 0 bridgehead atoms. The van der Waals surface area contributed by atoms with Crippen LogP contribution in [0.3, 0.4) is 0 Å². The zero-order valence-electron chi connectivity index (χ0n) is 11.3. The first-order valence-electron chi connectivity index (χ1n) is 6.14. The number of nitrogens with one attached hydrogen (secondary N) is 1. The number of carboxylic acids is 1. The van der Waals surface area contributed by atoms with Gasteiger partial charge in [0, 0.05) is 30.3 Å². The summed E-state index contributed by atoms with van der Waals surface area (Å²) in [6.45, 7) is -2.55. The molecular weight excluding hydrogens is 338 g/mol. The van der Waals surface area contributed by atoms with Gasteiger partial charge in [0.2, 0.25) is 5.88 Å². The number of aliphatic carboxylic acids is 1. The second-order valence-corrected chi connectivity index (χ2v) is 6.51. The molecule has 6 nitrogen and oxygen atoms in total. The Morgan fingerprint density at radius 1 is 1.32 bits per heavy atom. The Bertz CT molecular complexity index is 489. The average molecular weight is 352 g/mol. The fourth-order valence-corrected chi connectivity index (χ4v) is 3.12. The number of carbonyl (C=O) groups is 2. The molecule has 0 aromatic carbocycles. The topological polar surface area (TPSA) is 88.5 Å². The van der Waals surface area contributed by atoms with E-state index in [4.69, 9.17) is 5.11 Å². The number of amides is 1. The highest BCUT2D eigenvalue weighted by Crippen LogP contribution is 2.21. The summed E-state index contributed by atoms with van der Waals surface area (Å²) in [6, 6.07) is 2.53. The Morgan fingerprint density at radius 3 is 2.64 bits per heavy atom. The molecule has 0 atom stereocenters. The van der Waals surface area contributed by atoms with Gasteiger partial charge < -0.3 is 15.2 Å². The molecule has 22 heavy (non-hydrogen) atoms. The molecule has 0 aliphatic rings. The van der Waals surface area contributed by atoms with Crippen LogP contribution in [-0.2, 0) is 4.79 Å². The van der Waals surface area contributed by atoms with Crippen LogP contribution < -0.4 is 10.1 Å². The molecule has 0 spiro atoms. The maximum Gasteiger partial charge on any atom is 0.388 e. The standard InChI is InChI=1S/C12H14F2N2O4S2/c13-12(14)20-9-2-1-8(7-16-9)11(19)15-4-6-22-21-5-3-10(17)18/h1-2,7,12H,3-6H2,(H,15,19)(H,17,18). The Morgan fingerprint density at radius 2 is 2.05 bits per heavy atom. The van der Waals surface area contributed by atoms with Crippen LogP contribution in [0.2, 0.25) is 0 Å². The quantitative estimate of drug-likeness (QED) is 0.493. The zero-order chi connectivity index (χ0) is 16.4. The van der Waals surface area contributed by atoms with Gasteiger partial charge in [-0.25, -0.2) is 4.98 Å².